The largest absolute Gasteiger partial charge is 0.323 e. The third kappa shape index (κ3) is 4.85. The topological polar surface area (TPSA) is 92.5 Å². The lowest BCUT2D eigenvalue weighted by atomic mass is 10.2. The summed E-state index contributed by atoms with van der Waals surface area (Å²) >= 11 is 11.9. The van der Waals surface area contributed by atoms with Crippen LogP contribution in [0.4, 0.5) is 10.5 Å². The smallest absolute Gasteiger partial charge is 0.321 e. The Morgan fingerprint density at radius 2 is 1.79 bits per heavy atom. The summed E-state index contributed by atoms with van der Waals surface area (Å²) in [6, 6.07) is 10.2. The van der Waals surface area contributed by atoms with Gasteiger partial charge in [-0.1, -0.05) is 29.3 Å². The molecule has 2 aromatic rings. The minimum atomic E-state index is -3.76. The summed E-state index contributed by atoms with van der Waals surface area (Å²) in [6.45, 7) is 0.289. The fourth-order valence-electron chi connectivity index (χ4n) is 1.92. The molecule has 2 rings (SSSR count). The Labute approximate surface area is 150 Å². The van der Waals surface area contributed by atoms with E-state index in [4.69, 9.17) is 28.3 Å². The van der Waals surface area contributed by atoms with E-state index in [-0.39, 0.29) is 17.5 Å². The van der Waals surface area contributed by atoms with E-state index in [1.807, 2.05) is 0 Å². The number of carbonyl (C=O) groups is 1. The number of primary sulfonamides is 1. The molecule has 0 bridgehead atoms. The average molecular weight is 388 g/mol. The summed E-state index contributed by atoms with van der Waals surface area (Å²) in [7, 11) is -2.15. The van der Waals surface area contributed by atoms with E-state index in [9.17, 15) is 13.2 Å². The summed E-state index contributed by atoms with van der Waals surface area (Å²) in [6.07, 6.45) is 0. The summed E-state index contributed by atoms with van der Waals surface area (Å²) in [5, 5.41) is 8.67. The first kappa shape index (κ1) is 18.5. The molecule has 9 heteroatoms. The summed E-state index contributed by atoms with van der Waals surface area (Å²) in [4.78, 5) is 13.6. The minimum absolute atomic E-state index is 0.0261. The van der Waals surface area contributed by atoms with Gasteiger partial charge in [0, 0.05) is 29.3 Å². The number of anilines is 1. The highest BCUT2D eigenvalue weighted by atomic mass is 35.5. The molecule has 0 aliphatic heterocycles. The highest BCUT2D eigenvalue weighted by molar-refractivity contribution is 7.89. The van der Waals surface area contributed by atoms with E-state index in [1.54, 1.807) is 25.2 Å². The molecule has 2 amide bonds. The molecule has 0 heterocycles. The minimum Gasteiger partial charge on any atom is -0.323 e. The number of halogens is 2. The van der Waals surface area contributed by atoms with E-state index in [1.165, 1.54) is 29.2 Å². The van der Waals surface area contributed by atoms with Crippen LogP contribution in [0.5, 0.6) is 0 Å². The van der Waals surface area contributed by atoms with Gasteiger partial charge in [0.2, 0.25) is 10.0 Å². The molecule has 0 fully saturated rings. The van der Waals surface area contributed by atoms with Gasteiger partial charge in [-0.25, -0.2) is 18.4 Å². The Morgan fingerprint density at radius 1 is 1.17 bits per heavy atom. The number of hydrogen-bond donors (Lipinski definition) is 2. The van der Waals surface area contributed by atoms with Crippen LogP contribution in [0.25, 0.3) is 0 Å². The van der Waals surface area contributed by atoms with Crippen molar-refractivity contribution in [3.05, 3.63) is 58.1 Å². The van der Waals surface area contributed by atoms with Crippen LogP contribution < -0.4 is 10.5 Å². The van der Waals surface area contributed by atoms with Crippen molar-refractivity contribution in [3.63, 3.8) is 0 Å². The number of hydrogen-bond acceptors (Lipinski definition) is 3. The maximum atomic E-state index is 12.2. The normalized spacial score (nSPS) is 11.2. The Morgan fingerprint density at radius 3 is 2.33 bits per heavy atom. The first-order valence-corrected chi connectivity index (χ1v) is 9.06. The molecule has 0 aliphatic rings. The molecule has 0 radical (unpaired) electrons. The first-order valence-electron chi connectivity index (χ1n) is 6.76. The third-order valence-electron chi connectivity index (χ3n) is 3.20. The quantitative estimate of drug-likeness (QED) is 0.842. The number of rotatable bonds is 4. The Kier molecular flexibility index (Phi) is 5.71. The second-order valence-electron chi connectivity index (χ2n) is 5.09. The number of nitrogens with two attached hydrogens (primary N) is 1. The van der Waals surface area contributed by atoms with Crippen LogP contribution in [-0.4, -0.2) is 26.4 Å². The molecule has 0 saturated heterocycles. The average Bonchev–Trinajstić information content (AvgIpc) is 2.49. The van der Waals surface area contributed by atoms with Crippen molar-refractivity contribution in [2.75, 3.05) is 12.4 Å². The van der Waals surface area contributed by atoms with Gasteiger partial charge in [-0.05, 0) is 42.0 Å². The molecule has 0 aliphatic carbocycles. The number of urea groups is 1. The van der Waals surface area contributed by atoms with Crippen LogP contribution in [0.3, 0.4) is 0 Å². The van der Waals surface area contributed by atoms with Gasteiger partial charge in [0.15, 0.2) is 0 Å². The third-order valence-corrected chi connectivity index (χ3v) is 4.72. The predicted octanol–water partition coefficient (Wildman–Crippen LogP) is 3.30. The maximum absolute atomic E-state index is 12.2. The Hall–Kier alpha value is -1.80. The summed E-state index contributed by atoms with van der Waals surface area (Å²) in [5.74, 6) is 0. The zero-order chi connectivity index (χ0) is 17.9. The lowest BCUT2D eigenvalue weighted by Crippen LogP contribution is -2.30. The lowest BCUT2D eigenvalue weighted by molar-refractivity contribution is 0.220. The molecule has 3 N–H and O–H groups in total. The van der Waals surface area contributed by atoms with Crippen LogP contribution in [0.15, 0.2) is 47.4 Å². The standard InChI is InChI=1S/C15H15Cl2N3O3S/c1-20(9-10-2-3-11(16)8-14(10)17)15(21)19-12-4-6-13(7-5-12)24(18,22)23/h2-8H,9H2,1H3,(H,19,21)(H2,18,22,23). The van der Waals surface area contributed by atoms with Crippen LogP contribution in [0.2, 0.25) is 10.0 Å². The Balaban J connectivity index is 2.03. The van der Waals surface area contributed by atoms with Crippen molar-refractivity contribution in [1.29, 1.82) is 0 Å². The van der Waals surface area contributed by atoms with Gasteiger partial charge in [0.25, 0.3) is 0 Å². The highest BCUT2D eigenvalue weighted by Crippen LogP contribution is 2.22. The predicted molar refractivity (Wildman–Crippen MR) is 94.8 cm³/mol. The molecule has 2 aromatic carbocycles. The number of nitrogens with one attached hydrogen (secondary N) is 1. The number of carbonyl (C=O) groups excluding carboxylic acids is 1. The van der Waals surface area contributed by atoms with Gasteiger partial charge in [-0.15, -0.1) is 0 Å². The maximum Gasteiger partial charge on any atom is 0.321 e. The van der Waals surface area contributed by atoms with E-state index >= 15 is 0 Å². The van der Waals surface area contributed by atoms with Gasteiger partial charge in [0.1, 0.15) is 0 Å². The second kappa shape index (κ2) is 7.40. The molecule has 0 aromatic heterocycles. The zero-order valence-corrected chi connectivity index (χ0v) is 15.0. The molecule has 24 heavy (non-hydrogen) atoms. The first-order chi connectivity index (χ1) is 11.2. The number of amides is 2. The van der Waals surface area contributed by atoms with Gasteiger partial charge in [-0.2, -0.15) is 0 Å². The summed E-state index contributed by atoms with van der Waals surface area (Å²) in [5.41, 5.74) is 1.20. The van der Waals surface area contributed by atoms with Crippen molar-refractivity contribution in [2.45, 2.75) is 11.4 Å². The van der Waals surface area contributed by atoms with Gasteiger partial charge < -0.3 is 10.2 Å². The van der Waals surface area contributed by atoms with Crippen LogP contribution in [-0.2, 0) is 16.6 Å². The number of benzene rings is 2. The van der Waals surface area contributed by atoms with Crippen molar-refractivity contribution < 1.29 is 13.2 Å². The van der Waals surface area contributed by atoms with Gasteiger partial charge >= 0.3 is 6.03 Å². The molecule has 0 saturated carbocycles. The molecule has 0 unspecified atom stereocenters. The van der Waals surface area contributed by atoms with E-state index in [0.29, 0.717) is 15.7 Å². The van der Waals surface area contributed by atoms with Crippen molar-refractivity contribution in [3.8, 4) is 0 Å². The van der Waals surface area contributed by atoms with Crippen molar-refractivity contribution in [1.82, 2.24) is 4.90 Å². The Bertz CT molecular complexity index is 855. The van der Waals surface area contributed by atoms with Crippen molar-refractivity contribution in [2.24, 2.45) is 5.14 Å². The van der Waals surface area contributed by atoms with Crippen LogP contribution in [0, 0.1) is 0 Å². The molecule has 128 valence electrons. The fraction of sp³-hybridized carbons (Fsp3) is 0.133. The number of sulfonamides is 1. The van der Waals surface area contributed by atoms with Crippen molar-refractivity contribution >= 4 is 44.9 Å². The van der Waals surface area contributed by atoms with Crippen LogP contribution in [0.1, 0.15) is 5.56 Å². The molecular formula is C15H15Cl2N3O3S. The highest BCUT2D eigenvalue weighted by Gasteiger charge is 2.12. The van der Waals surface area contributed by atoms with Crippen LogP contribution >= 0.6 is 23.2 Å². The van der Waals surface area contributed by atoms with E-state index in [0.717, 1.165) is 5.56 Å². The molecule has 0 spiro atoms. The van der Waals surface area contributed by atoms with E-state index < -0.39 is 10.0 Å². The SMILES string of the molecule is CN(Cc1ccc(Cl)cc1Cl)C(=O)Nc1ccc(S(N)(=O)=O)cc1. The fourth-order valence-corrected chi connectivity index (χ4v) is 2.91. The number of nitrogens with zero attached hydrogens (tertiary/aromatic N) is 1. The molecule has 6 nitrogen and oxygen atoms in total. The molecular weight excluding hydrogens is 373 g/mol. The van der Waals surface area contributed by atoms with E-state index in [2.05, 4.69) is 5.32 Å². The van der Waals surface area contributed by atoms with Gasteiger partial charge in [0.05, 0.1) is 4.90 Å². The summed E-state index contributed by atoms with van der Waals surface area (Å²) < 4.78 is 22.4. The monoisotopic (exact) mass is 387 g/mol. The lowest BCUT2D eigenvalue weighted by Gasteiger charge is -2.19. The molecule has 0 atom stereocenters. The van der Waals surface area contributed by atoms with Gasteiger partial charge in [-0.3, -0.25) is 0 Å². The zero-order valence-electron chi connectivity index (χ0n) is 12.7. The second-order valence-corrected chi connectivity index (χ2v) is 7.50.